The van der Waals surface area contributed by atoms with Gasteiger partial charge in [-0.1, -0.05) is 71.4 Å². The van der Waals surface area contributed by atoms with Crippen molar-refractivity contribution in [2.45, 2.75) is 104 Å². The number of ether oxygens (including phenoxy) is 2. The van der Waals surface area contributed by atoms with E-state index in [1.165, 1.54) is 4.90 Å². The van der Waals surface area contributed by atoms with Crippen LogP contribution >= 0.6 is 0 Å². The molecule has 0 radical (unpaired) electrons. The first-order valence-corrected chi connectivity index (χ1v) is 17.6. The van der Waals surface area contributed by atoms with Crippen LogP contribution in [0.2, 0.25) is 0 Å². The number of hydrogen-bond acceptors (Lipinski definition) is 10. The molecule has 3 amide bonds. The van der Waals surface area contributed by atoms with E-state index >= 15 is 0 Å². The smallest absolute Gasteiger partial charge is 0.329 e. The monoisotopic (exact) mass is 715 g/mol. The first kappa shape index (κ1) is 42.7. The summed E-state index contributed by atoms with van der Waals surface area (Å²) in [6.07, 6.45) is -1.41. The zero-order valence-corrected chi connectivity index (χ0v) is 30.3. The number of aliphatic carboxylic acids is 1. The van der Waals surface area contributed by atoms with E-state index < -0.39 is 90.1 Å². The molecule has 3 unspecified atom stereocenters. The average Bonchev–Trinajstić information content (AvgIpc) is 3.51. The Labute approximate surface area is 299 Å². The molecule has 1 aromatic carbocycles. The summed E-state index contributed by atoms with van der Waals surface area (Å²) in [5.74, 6) is -7.90. The highest BCUT2D eigenvalue weighted by molar-refractivity contribution is 6.38. The van der Waals surface area contributed by atoms with Gasteiger partial charge in [-0.2, -0.15) is 0 Å². The first-order chi connectivity index (χ1) is 24.0. The van der Waals surface area contributed by atoms with Gasteiger partial charge in [0.05, 0.1) is 31.1 Å². The topological polar surface area (TPSA) is 217 Å². The molecule has 0 aromatic heterocycles. The largest absolute Gasteiger partial charge is 0.480 e. The third-order valence-corrected chi connectivity index (χ3v) is 8.72. The molecule has 1 heterocycles. The quantitative estimate of drug-likeness (QED) is 0.110. The summed E-state index contributed by atoms with van der Waals surface area (Å²) in [6, 6.07) is 6.82. The molecule has 5 atom stereocenters. The number of hydrogen-bond donors (Lipinski definition) is 3. The molecule has 4 N–H and O–H groups in total. The molecular weight excluding hydrogens is 662 g/mol. The van der Waals surface area contributed by atoms with Gasteiger partial charge in [0, 0.05) is 44.6 Å². The lowest BCUT2D eigenvalue weighted by molar-refractivity contribution is -0.152. The second-order valence-corrected chi connectivity index (χ2v) is 13.9. The lowest BCUT2D eigenvalue weighted by atomic mass is 9.87. The molecule has 0 saturated carbocycles. The van der Waals surface area contributed by atoms with Gasteiger partial charge in [0.15, 0.2) is 11.6 Å². The van der Waals surface area contributed by atoms with Gasteiger partial charge in [0.2, 0.25) is 23.5 Å². The number of nitrogens with two attached hydrogens (primary N) is 1. The zero-order valence-electron chi connectivity index (χ0n) is 30.3. The van der Waals surface area contributed by atoms with Crippen LogP contribution in [0, 0.1) is 23.7 Å². The minimum absolute atomic E-state index is 0.0222. The molecule has 282 valence electrons. The molecular formula is C37H53N3O11. The summed E-state index contributed by atoms with van der Waals surface area (Å²) in [7, 11) is 0. The van der Waals surface area contributed by atoms with Crippen LogP contribution in [0.25, 0.3) is 0 Å². The Hall–Kier alpha value is -4.46. The number of carbonyl (C=O) groups excluding carboxylic acids is 7. The van der Waals surface area contributed by atoms with Gasteiger partial charge >= 0.3 is 11.9 Å². The number of nitrogens with zero attached hydrogens (tertiary/aromatic N) is 1. The minimum Gasteiger partial charge on any atom is -0.480 e. The van der Waals surface area contributed by atoms with Crippen LogP contribution in [0.4, 0.5) is 0 Å². The SMILES string of the molecule is CCCC(CC(=O)[C@@H]1C[C@@H](OCC(=O)O)CN1C(=O)C(CC(=O)OCC(C)C)C(C)C)C(=O)C(=O)CCC(=O)NC(Cc1ccccc1)C(N)=O. The number of ketones is 3. The third-order valence-electron chi connectivity index (χ3n) is 8.72. The van der Waals surface area contributed by atoms with Crippen LogP contribution in [-0.4, -0.2) is 95.0 Å². The molecule has 0 aliphatic carbocycles. The van der Waals surface area contributed by atoms with Crippen molar-refractivity contribution in [3.8, 4) is 0 Å². The second kappa shape index (κ2) is 21.0. The van der Waals surface area contributed by atoms with E-state index in [-0.39, 0.29) is 63.5 Å². The Morgan fingerprint density at radius 3 is 2.22 bits per heavy atom. The van der Waals surface area contributed by atoms with Crippen molar-refractivity contribution >= 4 is 47.0 Å². The van der Waals surface area contributed by atoms with Gasteiger partial charge < -0.3 is 30.5 Å². The molecule has 0 spiro atoms. The van der Waals surface area contributed by atoms with E-state index in [0.29, 0.717) is 6.42 Å². The van der Waals surface area contributed by atoms with Crippen LogP contribution in [0.5, 0.6) is 0 Å². The average molecular weight is 716 g/mol. The Morgan fingerprint density at radius 1 is 0.980 bits per heavy atom. The number of carboxylic acid groups (broad SMARTS) is 1. The summed E-state index contributed by atoms with van der Waals surface area (Å²) in [6.45, 7) is 8.53. The van der Waals surface area contributed by atoms with E-state index in [4.69, 9.17) is 20.3 Å². The van der Waals surface area contributed by atoms with Crippen LogP contribution in [0.1, 0.15) is 85.1 Å². The predicted octanol–water partition coefficient (Wildman–Crippen LogP) is 2.43. The van der Waals surface area contributed by atoms with Crippen LogP contribution in [0.3, 0.4) is 0 Å². The number of carboxylic acids is 1. The molecule has 51 heavy (non-hydrogen) atoms. The lowest BCUT2D eigenvalue weighted by Gasteiger charge is -2.30. The molecule has 0 bridgehead atoms. The fourth-order valence-corrected chi connectivity index (χ4v) is 5.95. The molecule has 1 saturated heterocycles. The van der Waals surface area contributed by atoms with Crippen molar-refractivity contribution < 1.29 is 52.9 Å². The highest BCUT2D eigenvalue weighted by Crippen LogP contribution is 2.30. The number of amides is 3. The number of primary amides is 1. The van der Waals surface area contributed by atoms with Gasteiger partial charge in [-0.25, -0.2) is 4.79 Å². The predicted molar refractivity (Wildman–Crippen MR) is 185 cm³/mol. The molecule has 1 aliphatic rings. The standard InChI is InChI=1S/C37H53N3O11/c1-6-10-25(35(47)30(41)13-14-32(43)39-28(36(38)48)15-24-11-8-7-9-12-24)16-31(42)29-17-26(50-21-33(44)45)19-40(29)37(49)27(23(4)5)18-34(46)51-20-22(2)3/h7-9,11-12,22-23,25-29H,6,10,13-21H2,1-5H3,(H2,38,48)(H,39,43)(H,44,45)/t25?,26-,27?,28?,29+/m1/s1. The van der Waals surface area contributed by atoms with Crippen molar-refractivity contribution in [1.29, 1.82) is 0 Å². The molecule has 14 nitrogen and oxygen atoms in total. The fraction of sp³-hybridized carbons (Fsp3) is 0.622. The van der Waals surface area contributed by atoms with Crippen LogP contribution < -0.4 is 11.1 Å². The van der Waals surface area contributed by atoms with Crippen molar-refractivity contribution in [2.75, 3.05) is 19.8 Å². The maximum absolute atomic E-state index is 13.9. The maximum atomic E-state index is 13.9. The zero-order chi connectivity index (χ0) is 38.2. The van der Waals surface area contributed by atoms with Gasteiger partial charge in [0.1, 0.15) is 12.6 Å². The fourth-order valence-electron chi connectivity index (χ4n) is 5.95. The Bertz CT molecular complexity index is 1400. The minimum atomic E-state index is -1.22. The number of likely N-dealkylation sites (tertiary alicyclic amines) is 1. The Morgan fingerprint density at radius 2 is 1.65 bits per heavy atom. The van der Waals surface area contributed by atoms with Gasteiger partial charge in [-0.15, -0.1) is 0 Å². The van der Waals surface area contributed by atoms with Crippen molar-refractivity contribution in [1.82, 2.24) is 10.2 Å². The van der Waals surface area contributed by atoms with Gasteiger partial charge in [-0.05, 0) is 23.8 Å². The summed E-state index contributed by atoms with van der Waals surface area (Å²) in [4.78, 5) is 104. The second-order valence-electron chi connectivity index (χ2n) is 13.9. The number of benzene rings is 1. The molecule has 2 rings (SSSR count). The van der Waals surface area contributed by atoms with Crippen LogP contribution in [-0.2, 0) is 54.3 Å². The van der Waals surface area contributed by atoms with Crippen molar-refractivity contribution in [3.05, 3.63) is 35.9 Å². The number of Topliss-reactive ketones (excluding diaryl/α,β-unsaturated/α-hetero) is 3. The first-order valence-electron chi connectivity index (χ1n) is 17.6. The third kappa shape index (κ3) is 14.4. The van der Waals surface area contributed by atoms with Crippen molar-refractivity contribution in [3.63, 3.8) is 0 Å². The van der Waals surface area contributed by atoms with Crippen LogP contribution in [0.15, 0.2) is 30.3 Å². The normalized spacial score (nSPS) is 17.4. The Balaban J connectivity index is 2.14. The number of carbonyl (C=O) groups is 8. The number of nitrogens with one attached hydrogen (secondary N) is 1. The molecule has 1 fully saturated rings. The number of rotatable bonds is 23. The molecule has 14 heteroatoms. The summed E-state index contributed by atoms with van der Waals surface area (Å²) < 4.78 is 10.7. The lowest BCUT2D eigenvalue weighted by Crippen LogP contribution is -2.46. The van der Waals surface area contributed by atoms with Gasteiger partial charge in [0.25, 0.3) is 0 Å². The van der Waals surface area contributed by atoms with E-state index in [1.54, 1.807) is 51.1 Å². The summed E-state index contributed by atoms with van der Waals surface area (Å²) in [5, 5.41) is 11.6. The van der Waals surface area contributed by atoms with Crippen molar-refractivity contribution in [2.24, 2.45) is 29.4 Å². The van der Waals surface area contributed by atoms with Gasteiger partial charge in [-0.3, -0.25) is 33.6 Å². The van der Waals surface area contributed by atoms with E-state index in [9.17, 15) is 38.4 Å². The van der Waals surface area contributed by atoms with E-state index in [2.05, 4.69) is 5.32 Å². The highest BCUT2D eigenvalue weighted by Gasteiger charge is 2.44. The summed E-state index contributed by atoms with van der Waals surface area (Å²) in [5.41, 5.74) is 6.23. The number of esters is 1. The highest BCUT2D eigenvalue weighted by atomic mass is 16.5. The molecule has 1 aliphatic heterocycles. The summed E-state index contributed by atoms with van der Waals surface area (Å²) >= 11 is 0. The van der Waals surface area contributed by atoms with E-state index in [1.807, 2.05) is 13.8 Å². The van der Waals surface area contributed by atoms with E-state index in [0.717, 1.165) is 5.56 Å². The molecule has 1 aromatic rings. The Kier molecular flexibility index (Phi) is 17.6. The maximum Gasteiger partial charge on any atom is 0.329 e.